The maximum Gasteiger partial charge on any atom is 0.162 e. The highest BCUT2D eigenvalue weighted by molar-refractivity contribution is 5.92. The molecule has 5 nitrogen and oxygen atoms in total. The molecule has 0 bridgehead atoms. The summed E-state index contributed by atoms with van der Waals surface area (Å²) in [6.45, 7) is 3.83. The van der Waals surface area contributed by atoms with Crippen molar-refractivity contribution in [3.05, 3.63) is 53.6 Å². The highest BCUT2D eigenvalue weighted by Gasteiger charge is 2.14. The second-order valence-corrected chi connectivity index (χ2v) is 5.76. The average Bonchev–Trinajstić information content (AvgIpc) is 2.61. The van der Waals surface area contributed by atoms with Crippen LogP contribution in [0.5, 0.6) is 11.5 Å². The molecular formula is C19H20FN3O2. The van der Waals surface area contributed by atoms with Crippen LogP contribution in [0.2, 0.25) is 0 Å². The molecule has 6 heteroatoms. The van der Waals surface area contributed by atoms with Crippen molar-refractivity contribution in [2.24, 2.45) is 0 Å². The number of rotatable bonds is 5. The van der Waals surface area contributed by atoms with Gasteiger partial charge in [-0.2, -0.15) is 0 Å². The molecule has 0 aliphatic heterocycles. The van der Waals surface area contributed by atoms with Crippen molar-refractivity contribution < 1.29 is 13.9 Å². The van der Waals surface area contributed by atoms with Crippen LogP contribution in [0.1, 0.15) is 24.4 Å². The molecule has 0 fully saturated rings. The Balaban J connectivity index is 2.03. The Bertz CT molecular complexity index is 897. The maximum absolute atomic E-state index is 13.1. The Morgan fingerprint density at radius 2 is 1.64 bits per heavy atom. The molecule has 0 aliphatic rings. The molecule has 130 valence electrons. The first-order chi connectivity index (χ1) is 12.0. The van der Waals surface area contributed by atoms with Gasteiger partial charge in [-0.05, 0) is 37.6 Å². The van der Waals surface area contributed by atoms with E-state index in [1.165, 1.54) is 12.1 Å². The van der Waals surface area contributed by atoms with E-state index in [1.54, 1.807) is 26.4 Å². The van der Waals surface area contributed by atoms with Crippen molar-refractivity contribution in [2.45, 2.75) is 19.9 Å². The summed E-state index contributed by atoms with van der Waals surface area (Å²) in [6.07, 6.45) is 0. The minimum atomic E-state index is -0.254. The summed E-state index contributed by atoms with van der Waals surface area (Å²) in [5.41, 5.74) is 1.73. The smallest absolute Gasteiger partial charge is 0.162 e. The number of fused-ring (bicyclic) bond motifs is 1. The van der Waals surface area contributed by atoms with Crippen LogP contribution in [-0.2, 0) is 0 Å². The van der Waals surface area contributed by atoms with Crippen LogP contribution in [0.3, 0.4) is 0 Å². The van der Waals surface area contributed by atoms with Gasteiger partial charge in [0.2, 0.25) is 0 Å². The van der Waals surface area contributed by atoms with Crippen LogP contribution in [0.4, 0.5) is 10.2 Å². The fourth-order valence-corrected chi connectivity index (χ4v) is 2.72. The summed E-state index contributed by atoms with van der Waals surface area (Å²) in [4.78, 5) is 9.00. The van der Waals surface area contributed by atoms with E-state index in [9.17, 15) is 4.39 Å². The molecule has 0 radical (unpaired) electrons. The monoisotopic (exact) mass is 341 g/mol. The van der Waals surface area contributed by atoms with E-state index >= 15 is 0 Å². The zero-order valence-electron chi connectivity index (χ0n) is 14.6. The Labute approximate surface area is 145 Å². The number of hydrogen-bond donors (Lipinski definition) is 1. The Kier molecular flexibility index (Phi) is 4.70. The molecule has 1 N–H and O–H groups in total. The largest absolute Gasteiger partial charge is 0.493 e. The van der Waals surface area contributed by atoms with Crippen molar-refractivity contribution in [3.63, 3.8) is 0 Å². The Morgan fingerprint density at radius 3 is 2.28 bits per heavy atom. The number of nitrogens with one attached hydrogen (secondary N) is 1. The zero-order chi connectivity index (χ0) is 18.0. The van der Waals surface area contributed by atoms with E-state index < -0.39 is 0 Å². The number of anilines is 1. The van der Waals surface area contributed by atoms with Gasteiger partial charge in [0, 0.05) is 17.5 Å². The molecule has 0 saturated carbocycles. The van der Waals surface area contributed by atoms with Crippen molar-refractivity contribution >= 4 is 16.7 Å². The summed E-state index contributed by atoms with van der Waals surface area (Å²) in [5.74, 6) is 2.32. The number of nitrogens with zero attached hydrogens (tertiary/aromatic N) is 2. The standard InChI is InChI=1S/C19H20FN3O2/c1-11(13-5-7-14(20)8-6-13)21-19-15-9-17(24-3)18(25-4)10-16(15)22-12(2)23-19/h5-11H,1-4H3,(H,21,22,23). The third-order valence-electron chi connectivity index (χ3n) is 4.04. The molecule has 1 unspecified atom stereocenters. The normalized spacial score (nSPS) is 12.0. The first-order valence-electron chi connectivity index (χ1n) is 7.94. The van der Waals surface area contributed by atoms with E-state index in [1.807, 2.05) is 26.0 Å². The van der Waals surface area contributed by atoms with E-state index in [2.05, 4.69) is 15.3 Å². The Hall–Kier alpha value is -2.89. The second-order valence-electron chi connectivity index (χ2n) is 5.76. The summed E-state index contributed by atoms with van der Waals surface area (Å²) in [7, 11) is 3.18. The zero-order valence-corrected chi connectivity index (χ0v) is 14.6. The fraction of sp³-hybridized carbons (Fsp3) is 0.263. The van der Waals surface area contributed by atoms with E-state index in [4.69, 9.17) is 9.47 Å². The van der Waals surface area contributed by atoms with Crippen LogP contribution < -0.4 is 14.8 Å². The van der Waals surface area contributed by atoms with Gasteiger partial charge in [-0.15, -0.1) is 0 Å². The number of ether oxygens (including phenoxy) is 2. The third kappa shape index (κ3) is 3.47. The van der Waals surface area contributed by atoms with E-state index in [-0.39, 0.29) is 11.9 Å². The van der Waals surface area contributed by atoms with Gasteiger partial charge in [-0.25, -0.2) is 14.4 Å². The highest BCUT2D eigenvalue weighted by atomic mass is 19.1. The predicted molar refractivity (Wildman–Crippen MR) is 95.8 cm³/mol. The minimum Gasteiger partial charge on any atom is -0.493 e. The Morgan fingerprint density at radius 1 is 1.00 bits per heavy atom. The first-order valence-corrected chi connectivity index (χ1v) is 7.94. The van der Waals surface area contributed by atoms with Gasteiger partial charge in [0.1, 0.15) is 17.5 Å². The number of halogens is 1. The molecule has 2 aromatic carbocycles. The van der Waals surface area contributed by atoms with Gasteiger partial charge in [0.05, 0.1) is 19.7 Å². The van der Waals surface area contributed by atoms with E-state index in [0.717, 1.165) is 16.5 Å². The number of aryl methyl sites for hydroxylation is 1. The van der Waals surface area contributed by atoms with Gasteiger partial charge < -0.3 is 14.8 Å². The van der Waals surface area contributed by atoms with Crippen molar-refractivity contribution in [1.82, 2.24) is 9.97 Å². The summed E-state index contributed by atoms with van der Waals surface area (Å²) >= 11 is 0. The number of benzene rings is 2. The highest BCUT2D eigenvalue weighted by Crippen LogP contribution is 2.34. The number of aromatic nitrogens is 2. The van der Waals surface area contributed by atoms with Crippen LogP contribution in [-0.4, -0.2) is 24.2 Å². The lowest BCUT2D eigenvalue weighted by atomic mass is 10.1. The van der Waals surface area contributed by atoms with E-state index in [0.29, 0.717) is 23.1 Å². The molecule has 0 aliphatic carbocycles. The van der Waals surface area contributed by atoms with Gasteiger partial charge in [0.15, 0.2) is 11.5 Å². The SMILES string of the molecule is COc1cc2nc(C)nc(NC(C)c3ccc(F)cc3)c2cc1OC. The molecular weight excluding hydrogens is 321 g/mol. The third-order valence-corrected chi connectivity index (χ3v) is 4.04. The number of hydrogen-bond acceptors (Lipinski definition) is 5. The van der Waals surface area contributed by atoms with Gasteiger partial charge >= 0.3 is 0 Å². The molecule has 1 aromatic heterocycles. The quantitative estimate of drug-likeness (QED) is 0.751. The van der Waals surface area contributed by atoms with Gasteiger partial charge in [-0.3, -0.25) is 0 Å². The van der Waals surface area contributed by atoms with Crippen LogP contribution >= 0.6 is 0 Å². The molecule has 25 heavy (non-hydrogen) atoms. The van der Waals surface area contributed by atoms with Gasteiger partial charge in [0.25, 0.3) is 0 Å². The van der Waals surface area contributed by atoms with Crippen molar-refractivity contribution in [3.8, 4) is 11.5 Å². The summed E-state index contributed by atoms with van der Waals surface area (Å²) in [5, 5.41) is 4.21. The van der Waals surface area contributed by atoms with Gasteiger partial charge in [-0.1, -0.05) is 12.1 Å². The molecule has 0 spiro atoms. The second kappa shape index (κ2) is 6.93. The summed E-state index contributed by atoms with van der Waals surface area (Å²) in [6, 6.07) is 10.0. The molecule has 0 amide bonds. The fourth-order valence-electron chi connectivity index (χ4n) is 2.72. The molecule has 1 atom stereocenters. The summed E-state index contributed by atoms with van der Waals surface area (Å²) < 4.78 is 23.9. The van der Waals surface area contributed by atoms with Crippen molar-refractivity contribution in [1.29, 1.82) is 0 Å². The molecule has 3 rings (SSSR count). The maximum atomic E-state index is 13.1. The lowest BCUT2D eigenvalue weighted by molar-refractivity contribution is 0.356. The average molecular weight is 341 g/mol. The van der Waals surface area contributed by atoms with Crippen LogP contribution in [0.25, 0.3) is 10.9 Å². The topological polar surface area (TPSA) is 56.3 Å². The first kappa shape index (κ1) is 17.0. The van der Waals surface area contributed by atoms with Crippen LogP contribution in [0.15, 0.2) is 36.4 Å². The predicted octanol–water partition coefficient (Wildman–Crippen LogP) is 4.27. The lowest BCUT2D eigenvalue weighted by Gasteiger charge is -2.18. The molecule has 1 heterocycles. The molecule has 3 aromatic rings. The lowest BCUT2D eigenvalue weighted by Crippen LogP contribution is -2.09. The van der Waals surface area contributed by atoms with Crippen molar-refractivity contribution in [2.75, 3.05) is 19.5 Å². The minimum absolute atomic E-state index is 0.0498. The van der Waals surface area contributed by atoms with Crippen LogP contribution in [0, 0.1) is 12.7 Å². The molecule has 0 saturated heterocycles. The number of methoxy groups -OCH3 is 2.